The molecule has 0 unspecified atom stereocenters. The lowest BCUT2D eigenvalue weighted by molar-refractivity contribution is -0.132. The van der Waals surface area contributed by atoms with Gasteiger partial charge in [-0.1, -0.05) is 42.5 Å². The predicted octanol–water partition coefficient (Wildman–Crippen LogP) is 3.67. The quantitative estimate of drug-likeness (QED) is 0.660. The number of ether oxygens (including phenoxy) is 2. The van der Waals surface area contributed by atoms with Crippen LogP contribution >= 0.6 is 0 Å². The van der Waals surface area contributed by atoms with Gasteiger partial charge in [0.05, 0.1) is 14.2 Å². The van der Waals surface area contributed by atoms with Crippen LogP contribution in [0.3, 0.4) is 0 Å². The van der Waals surface area contributed by atoms with Gasteiger partial charge in [-0.2, -0.15) is 0 Å². The number of carbonyl (C=O) groups excluding carboxylic acids is 1. The van der Waals surface area contributed by atoms with E-state index in [4.69, 9.17) is 9.47 Å². The maximum Gasteiger partial charge on any atom is 0.222 e. The zero-order valence-electron chi connectivity index (χ0n) is 17.3. The van der Waals surface area contributed by atoms with Gasteiger partial charge in [0.25, 0.3) is 0 Å². The first-order valence-electron chi connectivity index (χ1n) is 10.1. The van der Waals surface area contributed by atoms with Crippen LogP contribution in [0.4, 0.5) is 0 Å². The van der Waals surface area contributed by atoms with Gasteiger partial charge in [0, 0.05) is 26.1 Å². The molecule has 1 aliphatic heterocycles. The first-order valence-corrected chi connectivity index (χ1v) is 10.1. The Morgan fingerprint density at radius 1 is 1.10 bits per heavy atom. The van der Waals surface area contributed by atoms with Crippen molar-refractivity contribution >= 4 is 12.0 Å². The van der Waals surface area contributed by atoms with E-state index in [1.165, 1.54) is 11.1 Å². The summed E-state index contributed by atoms with van der Waals surface area (Å²) in [6, 6.07) is 14.3. The normalized spacial score (nSPS) is 13.4. The lowest BCUT2D eigenvalue weighted by atomic mass is 9.98. The minimum absolute atomic E-state index is 0.215. The van der Waals surface area contributed by atoms with Crippen molar-refractivity contribution in [3.8, 4) is 11.5 Å². The number of hydrogen-bond acceptors (Lipinski definition) is 4. The third-order valence-electron chi connectivity index (χ3n) is 5.19. The highest BCUT2D eigenvalue weighted by Crippen LogP contribution is 2.33. The number of methoxy groups -OCH3 is 2. The maximum absolute atomic E-state index is 12.6. The molecule has 0 aromatic heterocycles. The second-order valence-electron chi connectivity index (χ2n) is 7.16. The van der Waals surface area contributed by atoms with Crippen molar-refractivity contribution in [2.24, 2.45) is 0 Å². The topological polar surface area (TPSA) is 50.8 Å². The zero-order chi connectivity index (χ0) is 20.5. The molecule has 154 valence electrons. The summed E-state index contributed by atoms with van der Waals surface area (Å²) in [4.78, 5) is 14.5. The van der Waals surface area contributed by atoms with Gasteiger partial charge in [0.15, 0.2) is 11.5 Å². The SMILES string of the molecule is COc1cc2c(cc1OC)CN(C(=O)CCCNC/C=C/c1ccccc1)CC2. The van der Waals surface area contributed by atoms with E-state index in [2.05, 4.69) is 29.6 Å². The van der Waals surface area contributed by atoms with Crippen LogP contribution in [-0.4, -0.2) is 44.7 Å². The number of nitrogens with one attached hydrogen (secondary N) is 1. The van der Waals surface area contributed by atoms with Gasteiger partial charge in [0.2, 0.25) is 5.91 Å². The smallest absolute Gasteiger partial charge is 0.222 e. The molecule has 3 rings (SSSR count). The van der Waals surface area contributed by atoms with Crippen molar-refractivity contribution in [1.82, 2.24) is 10.2 Å². The van der Waals surface area contributed by atoms with Crippen molar-refractivity contribution in [2.75, 3.05) is 33.9 Å². The van der Waals surface area contributed by atoms with Crippen LogP contribution in [0.25, 0.3) is 6.08 Å². The fraction of sp³-hybridized carbons (Fsp3) is 0.375. The molecule has 29 heavy (non-hydrogen) atoms. The van der Waals surface area contributed by atoms with Crippen molar-refractivity contribution in [3.63, 3.8) is 0 Å². The Morgan fingerprint density at radius 3 is 2.55 bits per heavy atom. The molecule has 0 aliphatic carbocycles. The molecule has 0 saturated carbocycles. The van der Waals surface area contributed by atoms with Gasteiger partial charge in [-0.15, -0.1) is 0 Å². The Bertz CT molecular complexity index is 834. The molecule has 0 radical (unpaired) electrons. The molecule has 5 nitrogen and oxygen atoms in total. The first-order chi connectivity index (χ1) is 14.2. The molecule has 1 N–H and O–H groups in total. The summed E-state index contributed by atoms with van der Waals surface area (Å²) < 4.78 is 10.8. The fourth-order valence-corrected chi connectivity index (χ4v) is 3.56. The molecule has 1 amide bonds. The molecule has 2 aromatic rings. The molecule has 1 heterocycles. The zero-order valence-corrected chi connectivity index (χ0v) is 17.3. The van der Waals surface area contributed by atoms with E-state index >= 15 is 0 Å². The first kappa shape index (κ1) is 20.9. The molecule has 2 aromatic carbocycles. The Labute approximate surface area is 173 Å². The molecule has 1 aliphatic rings. The third kappa shape index (κ3) is 5.84. The summed E-state index contributed by atoms with van der Waals surface area (Å²) in [5, 5.41) is 3.37. The van der Waals surface area contributed by atoms with Crippen LogP contribution in [-0.2, 0) is 17.8 Å². The second kappa shape index (κ2) is 10.7. The summed E-state index contributed by atoms with van der Waals surface area (Å²) in [7, 11) is 3.28. The number of fused-ring (bicyclic) bond motifs is 1. The van der Waals surface area contributed by atoms with Gasteiger partial charge in [-0.25, -0.2) is 0 Å². The lowest BCUT2D eigenvalue weighted by Gasteiger charge is -2.29. The predicted molar refractivity (Wildman–Crippen MR) is 116 cm³/mol. The molecule has 0 fully saturated rings. The minimum atomic E-state index is 0.215. The number of hydrogen-bond donors (Lipinski definition) is 1. The van der Waals surface area contributed by atoms with Crippen LogP contribution in [0, 0.1) is 0 Å². The molecular weight excluding hydrogens is 364 g/mol. The Morgan fingerprint density at radius 2 is 1.83 bits per heavy atom. The highest BCUT2D eigenvalue weighted by Gasteiger charge is 2.22. The van der Waals surface area contributed by atoms with Crippen LogP contribution in [0.1, 0.15) is 29.5 Å². The summed E-state index contributed by atoms with van der Waals surface area (Å²) in [5.41, 5.74) is 3.58. The van der Waals surface area contributed by atoms with Crippen LogP contribution in [0.5, 0.6) is 11.5 Å². The summed E-state index contributed by atoms with van der Waals surface area (Å²) in [6.07, 6.45) is 6.47. The Kier molecular flexibility index (Phi) is 7.70. The second-order valence-corrected chi connectivity index (χ2v) is 7.16. The number of rotatable bonds is 9. The Balaban J connectivity index is 1.40. The van der Waals surface area contributed by atoms with Crippen molar-refractivity contribution in [3.05, 3.63) is 65.2 Å². The van der Waals surface area contributed by atoms with Crippen molar-refractivity contribution in [2.45, 2.75) is 25.8 Å². The lowest BCUT2D eigenvalue weighted by Crippen LogP contribution is -2.36. The maximum atomic E-state index is 12.6. The largest absolute Gasteiger partial charge is 0.493 e. The summed E-state index contributed by atoms with van der Waals surface area (Å²) >= 11 is 0. The van der Waals surface area contributed by atoms with E-state index < -0.39 is 0 Å². The van der Waals surface area contributed by atoms with Gasteiger partial charge in [-0.3, -0.25) is 4.79 Å². The van der Waals surface area contributed by atoms with E-state index in [0.717, 1.165) is 43.8 Å². The van der Waals surface area contributed by atoms with Crippen molar-refractivity contribution in [1.29, 1.82) is 0 Å². The van der Waals surface area contributed by atoms with E-state index in [1.54, 1.807) is 14.2 Å². The molecule has 0 bridgehead atoms. The molecular formula is C24H30N2O3. The molecule has 0 saturated heterocycles. The number of amides is 1. The standard InChI is InChI=1S/C24H30N2O3/c1-28-22-16-20-12-15-26(18-21(20)17-23(22)29-2)24(27)11-7-14-25-13-6-10-19-8-4-3-5-9-19/h3-6,8-10,16-17,25H,7,11-15,18H2,1-2H3/b10-6+. The van der Waals surface area contributed by atoms with E-state index in [1.807, 2.05) is 35.2 Å². The fourth-order valence-electron chi connectivity index (χ4n) is 3.56. The molecule has 0 atom stereocenters. The van der Waals surface area contributed by atoms with Gasteiger partial charge in [0.1, 0.15) is 0 Å². The van der Waals surface area contributed by atoms with Gasteiger partial charge in [-0.05, 0) is 48.2 Å². The Hall–Kier alpha value is -2.79. The average molecular weight is 395 g/mol. The van der Waals surface area contributed by atoms with Crippen molar-refractivity contribution < 1.29 is 14.3 Å². The highest BCUT2D eigenvalue weighted by molar-refractivity contribution is 5.76. The molecule has 0 spiro atoms. The number of carbonyl (C=O) groups is 1. The monoisotopic (exact) mass is 394 g/mol. The third-order valence-corrected chi connectivity index (χ3v) is 5.19. The van der Waals surface area contributed by atoms with Crippen LogP contribution in [0.15, 0.2) is 48.5 Å². The average Bonchev–Trinajstić information content (AvgIpc) is 2.77. The van der Waals surface area contributed by atoms with E-state index in [-0.39, 0.29) is 5.91 Å². The van der Waals surface area contributed by atoms with Gasteiger partial charge < -0.3 is 19.7 Å². The summed E-state index contributed by atoms with van der Waals surface area (Å²) in [6.45, 7) is 3.04. The van der Waals surface area contributed by atoms with E-state index in [0.29, 0.717) is 18.7 Å². The molecule has 5 heteroatoms. The van der Waals surface area contributed by atoms with E-state index in [9.17, 15) is 4.79 Å². The minimum Gasteiger partial charge on any atom is -0.493 e. The van der Waals surface area contributed by atoms with Crippen LogP contribution in [0.2, 0.25) is 0 Å². The number of nitrogens with zero attached hydrogens (tertiary/aromatic N) is 1. The summed E-state index contributed by atoms with van der Waals surface area (Å²) in [5.74, 6) is 1.68. The highest BCUT2D eigenvalue weighted by atomic mass is 16.5. The van der Waals surface area contributed by atoms with Gasteiger partial charge >= 0.3 is 0 Å². The van der Waals surface area contributed by atoms with Crippen LogP contribution < -0.4 is 14.8 Å². The number of benzene rings is 2.